The molecule has 1 aromatic carbocycles. The molecule has 128 valence electrons. The number of imidazole rings is 1. The molecule has 6 heteroatoms. The van der Waals surface area contributed by atoms with E-state index in [1.165, 1.54) is 6.07 Å². The van der Waals surface area contributed by atoms with Crippen LogP contribution in [0.25, 0.3) is 11.0 Å². The van der Waals surface area contributed by atoms with Gasteiger partial charge in [0.1, 0.15) is 11.6 Å². The third-order valence-corrected chi connectivity index (χ3v) is 4.86. The first-order valence-corrected chi connectivity index (χ1v) is 8.52. The van der Waals surface area contributed by atoms with Crippen LogP contribution in [0.2, 0.25) is 0 Å². The Kier molecular flexibility index (Phi) is 3.87. The van der Waals surface area contributed by atoms with Gasteiger partial charge < -0.3 is 14.6 Å². The number of carboxylic acid groups (broad SMARTS) is 1. The molecule has 3 heterocycles. The Morgan fingerprint density at radius 1 is 1.20 bits per heavy atom. The highest BCUT2D eigenvalue weighted by molar-refractivity contribution is 5.85. The minimum Gasteiger partial charge on any atom is -0.477 e. The smallest absolute Gasteiger partial charge is 0.354 e. The third-order valence-electron chi connectivity index (χ3n) is 4.86. The number of carbonyl (C=O) groups is 1. The summed E-state index contributed by atoms with van der Waals surface area (Å²) in [6.45, 7) is 3.75. The Morgan fingerprint density at radius 3 is 2.88 bits per heavy atom. The maximum absolute atomic E-state index is 11.2. The fourth-order valence-electron chi connectivity index (χ4n) is 3.67. The molecule has 0 saturated carbocycles. The van der Waals surface area contributed by atoms with Crippen molar-refractivity contribution in [2.45, 2.75) is 32.4 Å². The largest absolute Gasteiger partial charge is 0.477 e. The second kappa shape index (κ2) is 6.20. The summed E-state index contributed by atoms with van der Waals surface area (Å²) in [6, 6.07) is 13.6. The van der Waals surface area contributed by atoms with Gasteiger partial charge in [0.2, 0.25) is 0 Å². The zero-order valence-corrected chi connectivity index (χ0v) is 14.1. The predicted octanol–water partition coefficient (Wildman–Crippen LogP) is 3.11. The summed E-state index contributed by atoms with van der Waals surface area (Å²) >= 11 is 0. The van der Waals surface area contributed by atoms with Crippen LogP contribution in [0.3, 0.4) is 0 Å². The van der Waals surface area contributed by atoms with Gasteiger partial charge in [0.05, 0.1) is 11.0 Å². The summed E-state index contributed by atoms with van der Waals surface area (Å²) in [5.41, 5.74) is 2.24. The van der Waals surface area contributed by atoms with E-state index in [0.29, 0.717) is 0 Å². The van der Waals surface area contributed by atoms with Gasteiger partial charge in [-0.15, -0.1) is 0 Å². The van der Waals surface area contributed by atoms with E-state index in [2.05, 4.69) is 25.5 Å². The first kappa shape index (κ1) is 15.6. The number of anilines is 1. The molecule has 1 saturated heterocycles. The second-order valence-electron chi connectivity index (χ2n) is 6.43. The lowest BCUT2D eigenvalue weighted by molar-refractivity contribution is 0.0690. The summed E-state index contributed by atoms with van der Waals surface area (Å²) in [6.07, 6.45) is 2.14. The number of para-hydroxylation sites is 2. The van der Waals surface area contributed by atoms with E-state index >= 15 is 0 Å². The van der Waals surface area contributed by atoms with E-state index in [-0.39, 0.29) is 11.7 Å². The number of nitrogens with zero attached hydrogens (tertiary/aromatic N) is 4. The molecule has 4 rings (SSSR count). The van der Waals surface area contributed by atoms with E-state index in [9.17, 15) is 9.90 Å². The molecule has 25 heavy (non-hydrogen) atoms. The molecule has 1 fully saturated rings. The monoisotopic (exact) mass is 336 g/mol. The third kappa shape index (κ3) is 2.84. The Labute approximate surface area is 145 Å². The van der Waals surface area contributed by atoms with Gasteiger partial charge >= 0.3 is 5.97 Å². The van der Waals surface area contributed by atoms with Crippen molar-refractivity contribution in [2.75, 3.05) is 11.4 Å². The summed E-state index contributed by atoms with van der Waals surface area (Å²) in [5, 5.41) is 9.19. The van der Waals surface area contributed by atoms with Crippen molar-refractivity contribution in [3.8, 4) is 0 Å². The van der Waals surface area contributed by atoms with Crippen LogP contribution >= 0.6 is 0 Å². The molecule has 1 N–H and O–H groups in total. The molecule has 1 unspecified atom stereocenters. The highest BCUT2D eigenvalue weighted by Crippen LogP contribution is 2.27. The molecule has 1 aliphatic heterocycles. The number of aryl methyl sites for hydroxylation is 1. The minimum absolute atomic E-state index is 0.0902. The lowest BCUT2D eigenvalue weighted by atomic mass is 10.2. The molecule has 0 bridgehead atoms. The molecular weight excluding hydrogens is 316 g/mol. The molecule has 0 spiro atoms. The normalized spacial score (nSPS) is 17.3. The molecule has 1 atom stereocenters. The van der Waals surface area contributed by atoms with Gasteiger partial charge in [-0.25, -0.2) is 14.8 Å². The topological polar surface area (TPSA) is 71.2 Å². The fraction of sp³-hybridized carbons (Fsp3) is 0.316. The fourth-order valence-corrected chi connectivity index (χ4v) is 3.67. The SMILES string of the molecule is Cc1nc2ccccc2n1CC1CCCN1c1cccc(C(=O)O)n1. The maximum atomic E-state index is 11.2. The van der Waals surface area contributed by atoms with Gasteiger partial charge in [0.25, 0.3) is 0 Å². The molecule has 1 aliphatic rings. The zero-order chi connectivity index (χ0) is 17.4. The van der Waals surface area contributed by atoms with E-state index in [1.54, 1.807) is 6.07 Å². The van der Waals surface area contributed by atoms with Gasteiger partial charge in [-0.3, -0.25) is 0 Å². The minimum atomic E-state index is -0.992. The summed E-state index contributed by atoms with van der Waals surface area (Å²) < 4.78 is 2.25. The molecule has 0 amide bonds. The van der Waals surface area contributed by atoms with Crippen molar-refractivity contribution in [3.63, 3.8) is 0 Å². The molecule has 2 aromatic heterocycles. The van der Waals surface area contributed by atoms with Crippen molar-refractivity contribution in [1.82, 2.24) is 14.5 Å². The Hall–Kier alpha value is -2.89. The van der Waals surface area contributed by atoms with Crippen LogP contribution in [0.15, 0.2) is 42.5 Å². The highest BCUT2D eigenvalue weighted by atomic mass is 16.4. The molecule has 0 aliphatic carbocycles. The molecule has 6 nitrogen and oxygen atoms in total. The average molecular weight is 336 g/mol. The quantitative estimate of drug-likeness (QED) is 0.793. The molecular formula is C19H20N4O2. The summed E-state index contributed by atoms with van der Waals surface area (Å²) in [4.78, 5) is 22.4. The van der Waals surface area contributed by atoms with E-state index in [1.807, 2.05) is 31.2 Å². The first-order chi connectivity index (χ1) is 12.1. The van der Waals surface area contributed by atoms with Crippen molar-refractivity contribution in [1.29, 1.82) is 0 Å². The van der Waals surface area contributed by atoms with Crippen molar-refractivity contribution >= 4 is 22.8 Å². The predicted molar refractivity (Wildman–Crippen MR) is 96.0 cm³/mol. The van der Waals surface area contributed by atoms with E-state index in [0.717, 1.165) is 48.6 Å². The van der Waals surface area contributed by atoms with Crippen LogP contribution in [-0.2, 0) is 6.54 Å². The number of benzene rings is 1. The van der Waals surface area contributed by atoms with Crippen LogP contribution in [0.1, 0.15) is 29.2 Å². The second-order valence-corrected chi connectivity index (χ2v) is 6.43. The van der Waals surface area contributed by atoms with Crippen LogP contribution in [0, 0.1) is 6.92 Å². The number of rotatable bonds is 4. The molecule has 3 aromatic rings. The van der Waals surface area contributed by atoms with Gasteiger partial charge in [-0.1, -0.05) is 18.2 Å². The van der Waals surface area contributed by atoms with Gasteiger partial charge in [0.15, 0.2) is 5.69 Å². The first-order valence-electron chi connectivity index (χ1n) is 8.52. The van der Waals surface area contributed by atoms with Crippen molar-refractivity contribution in [2.24, 2.45) is 0 Å². The zero-order valence-electron chi connectivity index (χ0n) is 14.1. The Bertz CT molecular complexity index is 934. The van der Waals surface area contributed by atoms with E-state index < -0.39 is 5.97 Å². The average Bonchev–Trinajstić information content (AvgIpc) is 3.20. The Morgan fingerprint density at radius 2 is 2.04 bits per heavy atom. The number of hydrogen-bond acceptors (Lipinski definition) is 4. The van der Waals surface area contributed by atoms with Crippen LogP contribution < -0.4 is 4.90 Å². The lowest BCUT2D eigenvalue weighted by Crippen LogP contribution is -2.34. The van der Waals surface area contributed by atoms with Crippen molar-refractivity contribution in [3.05, 3.63) is 54.0 Å². The lowest BCUT2D eigenvalue weighted by Gasteiger charge is -2.27. The standard InChI is InChI=1S/C19H20N4O2/c1-13-20-15-7-2-3-9-17(15)23(13)12-14-6-5-11-22(14)18-10-4-8-16(21-18)19(24)25/h2-4,7-10,14H,5-6,11-12H2,1H3,(H,24,25). The maximum Gasteiger partial charge on any atom is 0.354 e. The van der Waals surface area contributed by atoms with Gasteiger partial charge in [-0.05, 0) is 44.0 Å². The van der Waals surface area contributed by atoms with Gasteiger partial charge in [-0.2, -0.15) is 0 Å². The van der Waals surface area contributed by atoms with E-state index in [4.69, 9.17) is 0 Å². The number of hydrogen-bond donors (Lipinski definition) is 1. The Balaban J connectivity index is 1.65. The number of carboxylic acids is 1. The van der Waals surface area contributed by atoms with Crippen LogP contribution in [0.4, 0.5) is 5.82 Å². The van der Waals surface area contributed by atoms with Crippen LogP contribution in [0.5, 0.6) is 0 Å². The summed E-state index contributed by atoms with van der Waals surface area (Å²) in [7, 11) is 0. The van der Waals surface area contributed by atoms with Crippen molar-refractivity contribution < 1.29 is 9.90 Å². The number of aromatic nitrogens is 3. The molecule has 0 radical (unpaired) electrons. The summed E-state index contributed by atoms with van der Waals surface area (Å²) in [5.74, 6) is 0.749. The number of aromatic carboxylic acids is 1. The van der Waals surface area contributed by atoms with Gasteiger partial charge in [0, 0.05) is 19.1 Å². The highest BCUT2D eigenvalue weighted by Gasteiger charge is 2.27. The van der Waals surface area contributed by atoms with Crippen LogP contribution in [-0.4, -0.2) is 38.2 Å². The number of fused-ring (bicyclic) bond motifs is 1. The number of pyridine rings is 1.